The van der Waals surface area contributed by atoms with Gasteiger partial charge in [-0.1, -0.05) is 18.2 Å². The highest BCUT2D eigenvalue weighted by molar-refractivity contribution is 6.04. The van der Waals surface area contributed by atoms with Crippen molar-refractivity contribution in [2.45, 2.75) is 31.6 Å². The average Bonchev–Trinajstić information content (AvgIpc) is 2.86. The highest BCUT2D eigenvalue weighted by Gasteiger charge is 2.42. The van der Waals surface area contributed by atoms with E-state index in [4.69, 9.17) is 18.9 Å². The fourth-order valence-electron chi connectivity index (χ4n) is 5.02. The maximum atomic E-state index is 13.7. The second-order valence-electron chi connectivity index (χ2n) is 8.36. The van der Waals surface area contributed by atoms with Crippen LogP contribution >= 0.6 is 0 Å². The molecular weight excluding hydrogens is 434 g/mol. The van der Waals surface area contributed by atoms with Crippen molar-refractivity contribution in [2.24, 2.45) is 0 Å². The molecule has 0 radical (unpaired) electrons. The summed E-state index contributed by atoms with van der Waals surface area (Å²) in [6.45, 7) is 1.83. The smallest absolute Gasteiger partial charge is 0.336 e. The lowest BCUT2D eigenvalue weighted by molar-refractivity contribution is -0.136. The van der Waals surface area contributed by atoms with Gasteiger partial charge in [0.1, 0.15) is 17.2 Å². The number of ether oxygens (including phenoxy) is 4. The summed E-state index contributed by atoms with van der Waals surface area (Å²) in [5, 5.41) is 3.34. The Morgan fingerprint density at radius 2 is 1.62 bits per heavy atom. The Balaban J connectivity index is 1.88. The van der Waals surface area contributed by atoms with Crippen molar-refractivity contribution < 1.29 is 28.5 Å². The number of para-hydroxylation sites is 1. The fraction of sp³-hybridized carbons (Fsp3) is 0.333. The molecule has 0 saturated carbocycles. The molecule has 1 aliphatic carbocycles. The summed E-state index contributed by atoms with van der Waals surface area (Å²) >= 11 is 0. The van der Waals surface area contributed by atoms with Crippen molar-refractivity contribution in [1.82, 2.24) is 5.32 Å². The third kappa shape index (κ3) is 4.02. The lowest BCUT2D eigenvalue weighted by atomic mass is 9.71. The molecule has 2 aliphatic rings. The standard InChI is InChI=1S/C27H29NO6/c1-15-24(27(30)34-5)25(19-14-17(31-2)10-11-23(19)33-4)26-20(28-15)12-16(13-21(26)29)18-8-6-7-9-22(18)32-3/h6-11,14,16,25,28H,12-13H2,1-5H3. The van der Waals surface area contributed by atoms with E-state index in [0.29, 0.717) is 46.7 Å². The van der Waals surface area contributed by atoms with E-state index in [2.05, 4.69) is 5.32 Å². The van der Waals surface area contributed by atoms with Gasteiger partial charge >= 0.3 is 5.97 Å². The number of rotatable bonds is 6. The van der Waals surface area contributed by atoms with Crippen LogP contribution < -0.4 is 19.5 Å². The molecule has 4 rings (SSSR count). The van der Waals surface area contributed by atoms with Crippen molar-refractivity contribution in [1.29, 1.82) is 0 Å². The van der Waals surface area contributed by atoms with Crippen molar-refractivity contribution in [2.75, 3.05) is 28.4 Å². The minimum atomic E-state index is -0.639. The van der Waals surface area contributed by atoms with Gasteiger partial charge in [0.2, 0.25) is 0 Å². The van der Waals surface area contributed by atoms with Crippen molar-refractivity contribution >= 4 is 11.8 Å². The first-order valence-corrected chi connectivity index (χ1v) is 11.1. The van der Waals surface area contributed by atoms with E-state index in [0.717, 1.165) is 17.0 Å². The molecule has 0 fully saturated rings. The van der Waals surface area contributed by atoms with Crippen molar-refractivity contribution in [3.8, 4) is 17.2 Å². The van der Waals surface area contributed by atoms with E-state index in [1.807, 2.05) is 37.3 Å². The van der Waals surface area contributed by atoms with Crippen LogP contribution in [0.4, 0.5) is 0 Å². The zero-order valence-electron chi connectivity index (χ0n) is 20.1. The highest BCUT2D eigenvalue weighted by Crippen LogP contribution is 2.49. The molecule has 2 unspecified atom stereocenters. The molecule has 1 aliphatic heterocycles. The van der Waals surface area contributed by atoms with E-state index in [1.165, 1.54) is 7.11 Å². The van der Waals surface area contributed by atoms with Crippen LogP contribution in [0.15, 0.2) is 65.0 Å². The van der Waals surface area contributed by atoms with Crippen LogP contribution in [0.2, 0.25) is 0 Å². The second-order valence-corrected chi connectivity index (χ2v) is 8.36. The molecule has 0 spiro atoms. The Hall–Kier alpha value is -3.74. The zero-order chi connectivity index (χ0) is 24.4. The summed E-state index contributed by atoms with van der Waals surface area (Å²) in [5.74, 6) is 0.713. The Morgan fingerprint density at radius 3 is 2.29 bits per heavy atom. The van der Waals surface area contributed by atoms with Crippen molar-refractivity contribution in [3.05, 3.63) is 76.1 Å². The number of benzene rings is 2. The van der Waals surface area contributed by atoms with Gasteiger partial charge in [-0.05, 0) is 43.2 Å². The van der Waals surface area contributed by atoms with Gasteiger partial charge in [-0.2, -0.15) is 0 Å². The lowest BCUT2D eigenvalue weighted by Crippen LogP contribution is -2.36. The van der Waals surface area contributed by atoms with Crippen LogP contribution in [-0.2, 0) is 14.3 Å². The first kappa shape index (κ1) is 23.4. The van der Waals surface area contributed by atoms with Gasteiger partial charge in [0, 0.05) is 34.9 Å². The van der Waals surface area contributed by atoms with Gasteiger partial charge in [0.25, 0.3) is 0 Å². The Labute approximate surface area is 199 Å². The van der Waals surface area contributed by atoms with E-state index >= 15 is 0 Å². The average molecular weight is 464 g/mol. The Morgan fingerprint density at radius 1 is 0.912 bits per heavy atom. The number of allylic oxidation sites excluding steroid dienone is 3. The SMILES string of the molecule is COC(=O)C1=C(C)NC2=C(C(=O)CC(c3ccccc3OC)C2)C1c1cc(OC)ccc1OC. The Bertz CT molecular complexity index is 1200. The Kier molecular flexibility index (Phi) is 6.63. The summed E-state index contributed by atoms with van der Waals surface area (Å²) < 4.78 is 21.7. The van der Waals surface area contributed by atoms with Crippen LogP contribution in [0.1, 0.15) is 42.7 Å². The summed E-state index contributed by atoms with van der Waals surface area (Å²) in [4.78, 5) is 26.7. The number of methoxy groups -OCH3 is 4. The number of nitrogens with one attached hydrogen (secondary N) is 1. The molecule has 7 nitrogen and oxygen atoms in total. The van der Waals surface area contributed by atoms with Gasteiger partial charge in [-0.3, -0.25) is 4.79 Å². The predicted octanol–water partition coefficient (Wildman–Crippen LogP) is 4.25. The number of esters is 1. The van der Waals surface area contributed by atoms with E-state index in [-0.39, 0.29) is 11.7 Å². The van der Waals surface area contributed by atoms with Crippen LogP contribution in [-0.4, -0.2) is 40.2 Å². The molecule has 2 aromatic carbocycles. The monoisotopic (exact) mass is 463 g/mol. The molecule has 0 amide bonds. The third-order valence-corrected chi connectivity index (χ3v) is 6.56. The van der Waals surface area contributed by atoms with Crippen LogP contribution in [0, 0.1) is 0 Å². The molecule has 0 aromatic heterocycles. The summed E-state index contributed by atoms with van der Waals surface area (Å²) in [7, 11) is 6.11. The van der Waals surface area contributed by atoms with Crippen LogP contribution in [0.25, 0.3) is 0 Å². The number of dihydropyridines is 1. The minimum absolute atomic E-state index is 0.0339. The number of carbonyl (C=O) groups is 2. The quantitative estimate of drug-likeness (QED) is 0.642. The number of hydrogen-bond acceptors (Lipinski definition) is 7. The maximum absolute atomic E-state index is 13.7. The van der Waals surface area contributed by atoms with E-state index in [9.17, 15) is 9.59 Å². The van der Waals surface area contributed by atoms with Crippen LogP contribution in [0.5, 0.6) is 17.2 Å². The fourth-order valence-corrected chi connectivity index (χ4v) is 5.02. The minimum Gasteiger partial charge on any atom is -0.497 e. The summed E-state index contributed by atoms with van der Waals surface area (Å²) in [5.41, 5.74) is 4.06. The molecule has 34 heavy (non-hydrogen) atoms. The van der Waals surface area contributed by atoms with Crippen LogP contribution in [0.3, 0.4) is 0 Å². The van der Waals surface area contributed by atoms with E-state index < -0.39 is 11.9 Å². The molecule has 1 heterocycles. The van der Waals surface area contributed by atoms with Gasteiger partial charge < -0.3 is 24.3 Å². The largest absolute Gasteiger partial charge is 0.497 e. The highest BCUT2D eigenvalue weighted by atomic mass is 16.5. The molecule has 2 aromatic rings. The summed E-state index contributed by atoms with van der Waals surface area (Å²) in [6.07, 6.45) is 0.910. The molecule has 1 N–H and O–H groups in total. The third-order valence-electron chi connectivity index (χ3n) is 6.56. The van der Waals surface area contributed by atoms with Gasteiger partial charge in [0.15, 0.2) is 5.78 Å². The number of Topliss-reactive ketones (excluding diaryl/α,β-unsaturated/α-hetero) is 1. The number of hydrogen-bond donors (Lipinski definition) is 1. The zero-order valence-corrected chi connectivity index (χ0v) is 20.1. The van der Waals surface area contributed by atoms with Gasteiger partial charge in [-0.25, -0.2) is 4.79 Å². The maximum Gasteiger partial charge on any atom is 0.336 e. The predicted molar refractivity (Wildman–Crippen MR) is 127 cm³/mol. The molecule has 2 atom stereocenters. The lowest BCUT2D eigenvalue weighted by Gasteiger charge is -2.37. The first-order chi connectivity index (χ1) is 16.4. The molecule has 0 saturated heterocycles. The second kappa shape index (κ2) is 9.63. The topological polar surface area (TPSA) is 83.1 Å². The molecule has 0 bridgehead atoms. The molecule has 7 heteroatoms. The molecule has 178 valence electrons. The van der Waals surface area contributed by atoms with E-state index in [1.54, 1.807) is 33.5 Å². The van der Waals surface area contributed by atoms with Gasteiger partial charge in [-0.15, -0.1) is 0 Å². The van der Waals surface area contributed by atoms with Gasteiger partial charge in [0.05, 0.1) is 39.9 Å². The first-order valence-electron chi connectivity index (χ1n) is 11.1. The molecular formula is C27H29NO6. The normalized spacial score (nSPS) is 19.9. The summed E-state index contributed by atoms with van der Waals surface area (Å²) in [6, 6.07) is 13.1. The number of carbonyl (C=O) groups excluding carboxylic acids is 2. The number of ketones is 1. The van der Waals surface area contributed by atoms with Crippen molar-refractivity contribution in [3.63, 3.8) is 0 Å².